The normalized spacial score (nSPS) is 23.4. The number of hydrogen-bond donors (Lipinski definition) is 20. The highest BCUT2D eigenvalue weighted by Crippen LogP contribution is 2.49. The Hall–Kier alpha value is -7.70. The molecule has 0 radical (unpaired) electrons. The summed E-state index contributed by atoms with van der Waals surface area (Å²) in [5, 5.41) is 137. The number of nitrogens with two attached hydrogens (primary N) is 1. The SMILES string of the molecule is CC(C)(C)Nc1cc(COC(C)(C)C)ccc1OC1OC(C(=O)O)C(O)C(O)C1O.CC(C)(C)Nc1cc(COC(C)(C)C)ccc1OC1OC(CO)C(O)C(O)C1O.CC(C)(C)Nc1cc(COP(=O)(O)OC(C)(C)C)ccc1OC1OC(C(=O)O)C(O)C(O)C1O.CC(C)(C)Nc1ccc(COC(C)(C)C)cc1.CC(C)C(CC(C)(C)C)C(=O)NC(CCCNC(N)=O)C(=O)C(C)(C)C. The number of carboxylic acid groups (broad SMARTS) is 2. The summed E-state index contributed by atoms with van der Waals surface area (Å²) in [5.74, 6) is -2.18. The second kappa shape index (κ2) is 51.1. The van der Waals surface area contributed by atoms with E-state index in [0.717, 1.165) is 23.2 Å². The maximum Gasteiger partial charge on any atom is 0.473 e. The number of carbonyl (C=O) groups excluding carboxylic acids is 3. The molecule has 7 rings (SSSR count). The van der Waals surface area contributed by atoms with Crippen molar-refractivity contribution in [2.75, 3.05) is 34.4 Å². The largest absolute Gasteiger partial charge is 0.479 e. The predicted octanol–water partition coefficient (Wildman–Crippen LogP) is 11.9. The number of anilines is 4. The maximum atomic E-state index is 12.9. The summed E-state index contributed by atoms with van der Waals surface area (Å²) in [6.45, 7) is 63.9. The molecule has 0 spiro atoms. The molecule has 4 aromatic carbocycles. The Bertz CT molecular complexity index is 4410. The third kappa shape index (κ3) is 46.1. The summed E-state index contributed by atoms with van der Waals surface area (Å²) in [6.07, 6.45) is -22.0. The molecule has 3 aliphatic rings. The Morgan fingerprint density at radius 2 is 0.779 bits per heavy atom. The maximum absolute atomic E-state index is 12.9. The lowest BCUT2D eigenvalue weighted by molar-refractivity contribution is -0.277. The van der Waals surface area contributed by atoms with Crippen LogP contribution in [0.4, 0.5) is 27.5 Å². The number of primary amides is 1. The number of rotatable bonds is 32. The first-order valence-corrected chi connectivity index (χ1v) is 47.4. The van der Waals surface area contributed by atoms with Crippen LogP contribution >= 0.6 is 7.82 Å². The van der Waals surface area contributed by atoms with Crippen molar-refractivity contribution in [3.8, 4) is 17.2 Å². The summed E-state index contributed by atoms with van der Waals surface area (Å²) in [7, 11) is -4.33. The van der Waals surface area contributed by atoms with Gasteiger partial charge >= 0.3 is 25.8 Å². The molecule has 0 aliphatic carbocycles. The second-order valence-electron chi connectivity index (χ2n) is 45.1. The van der Waals surface area contributed by atoms with E-state index < -0.39 is 147 Å². The first-order valence-electron chi connectivity index (χ1n) is 45.9. The molecular formula is C98H166N7O30P. The Morgan fingerprint density at radius 1 is 0.441 bits per heavy atom. The van der Waals surface area contributed by atoms with Crippen LogP contribution in [-0.4, -0.2) is 252 Å². The van der Waals surface area contributed by atoms with Crippen molar-refractivity contribution in [3.05, 3.63) is 101 Å². The number of ether oxygens (including phenoxy) is 9. The van der Waals surface area contributed by atoms with Crippen LogP contribution in [0.1, 0.15) is 263 Å². The van der Waals surface area contributed by atoms with Gasteiger partial charge in [-0.25, -0.2) is 18.9 Å². The number of aliphatic hydroxyl groups excluding tert-OH is 10. The van der Waals surface area contributed by atoms with Gasteiger partial charge in [-0.15, -0.1) is 0 Å². The number of Topliss-reactive ketones (excluding diaryl/α,β-unsaturated/α-hetero) is 1. The zero-order valence-electron chi connectivity index (χ0n) is 86.0. The number of carboxylic acids is 2. The van der Waals surface area contributed by atoms with Crippen LogP contribution in [0.5, 0.6) is 17.2 Å². The molecule has 21 N–H and O–H groups in total. The van der Waals surface area contributed by atoms with E-state index in [1.165, 1.54) is 17.7 Å². The van der Waals surface area contributed by atoms with Crippen molar-refractivity contribution in [3.63, 3.8) is 0 Å². The van der Waals surface area contributed by atoms with Gasteiger partial charge in [-0.3, -0.25) is 18.6 Å². The van der Waals surface area contributed by atoms with Crippen LogP contribution < -0.4 is 51.8 Å². The standard InChI is InChI=1S/C21H34NO11P.C21H33NO8.C21H35NO7.C20H39N3O3.C15H25NO/c1-20(2,3)22-12-9-11(10-30-34(28,29)33-21(4,5)6)7-8-13(12)31-19-16(25)14(23)15(24)17(32-19)18(26)27;1-20(2,3)22-12-9-11(10-28-21(4,5)6)7-8-13(12)29-19-16(25)14(23)15(24)17(30-19)18(26)27;1-20(2,3)22-13-9-12(11-27-21(4,5)6)7-8-14(13)28-19-18(26)17(25)16(24)15(10-23)29-19;1-13(2)14(12-19(3,4)5)17(25)23-15(16(24)20(6,7)8)10-9-11-22-18(21)26;1-14(2,3)16-13-9-7-12(8-10-13)11-17-15(4,5)6/h7-9,14-17,19,22-25H,10H2,1-6H3,(H,26,27)(H,28,29);7-9,14-17,19,22-25H,10H2,1-6H3,(H,26,27);7-9,15-19,22-26H,10-11H2,1-6H3;13-15H,9-12H2,1-8H3,(H,23,25)(H3,21,22,26);7-10,16H,11H2,1-6H3. The van der Waals surface area contributed by atoms with Crippen LogP contribution in [0.3, 0.4) is 0 Å². The fraction of sp³-hybridized carbons (Fsp3) is 0.704. The molecule has 0 bridgehead atoms. The van der Waals surface area contributed by atoms with Gasteiger partial charge in [0.15, 0.2) is 18.0 Å². The minimum Gasteiger partial charge on any atom is -0.479 e. The number of aliphatic carboxylic acids is 2. The van der Waals surface area contributed by atoms with E-state index in [-0.39, 0.29) is 74.7 Å². The van der Waals surface area contributed by atoms with Crippen molar-refractivity contribution in [1.82, 2.24) is 10.6 Å². The number of benzene rings is 4. The van der Waals surface area contributed by atoms with Crippen molar-refractivity contribution in [1.29, 1.82) is 0 Å². The number of aliphatic hydroxyl groups is 10. The topological polar surface area (TPSA) is 565 Å². The minimum atomic E-state index is -4.33. The van der Waals surface area contributed by atoms with Gasteiger partial charge in [0.25, 0.3) is 0 Å². The Kier molecular flexibility index (Phi) is 46.0. The molecule has 37 nitrogen and oxygen atoms in total. The highest BCUT2D eigenvalue weighted by Gasteiger charge is 2.51. The lowest BCUT2D eigenvalue weighted by atomic mass is 9.78. The molecule has 3 heterocycles. The van der Waals surface area contributed by atoms with E-state index in [1.54, 1.807) is 45.0 Å². The van der Waals surface area contributed by atoms with Crippen LogP contribution in [0.2, 0.25) is 0 Å². The summed E-state index contributed by atoms with van der Waals surface area (Å²) < 4.78 is 72.8. The Labute approximate surface area is 804 Å². The molecular weight excluding hydrogens is 1790 g/mol. The minimum absolute atomic E-state index is 0.00295. The van der Waals surface area contributed by atoms with Gasteiger partial charge in [-0.1, -0.05) is 85.7 Å². The van der Waals surface area contributed by atoms with Gasteiger partial charge in [0, 0.05) is 45.7 Å². The van der Waals surface area contributed by atoms with Crippen molar-refractivity contribution in [2.24, 2.45) is 28.4 Å². The number of phosphoric acid groups is 1. The van der Waals surface area contributed by atoms with Crippen molar-refractivity contribution < 1.29 is 146 Å². The van der Waals surface area contributed by atoms with Crippen LogP contribution in [-0.2, 0) is 87.6 Å². The highest BCUT2D eigenvalue weighted by atomic mass is 31.2. The van der Waals surface area contributed by atoms with E-state index >= 15 is 0 Å². The third-order valence-electron chi connectivity index (χ3n) is 19.5. The molecule has 18 atom stereocenters. The molecule has 136 heavy (non-hydrogen) atoms. The molecule has 3 aliphatic heterocycles. The number of amides is 3. The van der Waals surface area contributed by atoms with Gasteiger partial charge in [0.05, 0.1) is 78.5 Å². The summed E-state index contributed by atoms with van der Waals surface area (Å²) in [4.78, 5) is 69.0. The zero-order valence-corrected chi connectivity index (χ0v) is 86.9. The molecule has 4 aromatic rings. The molecule has 18 unspecified atom stereocenters. The van der Waals surface area contributed by atoms with E-state index in [1.807, 2.05) is 157 Å². The Balaban J connectivity index is 0.000000444. The Morgan fingerprint density at radius 3 is 1.09 bits per heavy atom. The third-order valence-corrected chi connectivity index (χ3v) is 20.7. The number of nitrogens with one attached hydrogen (secondary N) is 6. The lowest BCUT2D eigenvalue weighted by Gasteiger charge is -2.40. The highest BCUT2D eigenvalue weighted by molar-refractivity contribution is 7.47. The monoisotopic (exact) mass is 1950 g/mol. The predicted molar refractivity (Wildman–Crippen MR) is 518 cm³/mol. The second-order valence-corrected chi connectivity index (χ2v) is 46.5. The van der Waals surface area contributed by atoms with Gasteiger partial charge in [-0.2, -0.15) is 0 Å². The molecule has 0 saturated carbocycles. The number of phosphoric ester groups is 1. The van der Waals surface area contributed by atoms with Gasteiger partial charge in [0.1, 0.15) is 78.3 Å². The van der Waals surface area contributed by atoms with E-state index in [2.05, 4.69) is 118 Å². The molecule has 778 valence electrons. The summed E-state index contributed by atoms with van der Waals surface area (Å²) >= 11 is 0. The number of ketones is 1. The fourth-order valence-corrected chi connectivity index (χ4v) is 14.1. The van der Waals surface area contributed by atoms with E-state index in [0.29, 0.717) is 73.3 Å². The van der Waals surface area contributed by atoms with Crippen LogP contribution in [0.25, 0.3) is 0 Å². The quantitative estimate of drug-likeness (QED) is 0.0159. The summed E-state index contributed by atoms with van der Waals surface area (Å²) in [5.41, 5.74) is 8.31. The fourth-order valence-electron chi connectivity index (χ4n) is 13.1. The smallest absolute Gasteiger partial charge is 0.473 e. The molecule has 38 heteroatoms. The van der Waals surface area contributed by atoms with Gasteiger partial charge in [-0.05, 0) is 268 Å². The van der Waals surface area contributed by atoms with Crippen molar-refractivity contribution in [2.45, 2.75) is 410 Å². The summed E-state index contributed by atoms with van der Waals surface area (Å²) in [6, 6.07) is 22.6. The average Bonchev–Trinajstić information content (AvgIpc) is 0.550. The molecule has 3 amide bonds. The first kappa shape index (κ1) is 122. The van der Waals surface area contributed by atoms with Gasteiger partial charge < -0.3 is 146 Å². The van der Waals surface area contributed by atoms with Crippen LogP contribution in [0.15, 0.2) is 78.9 Å². The van der Waals surface area contributed by atoms with Crippen molar-refractivity contribution >= 4 is 60.2 Å². The molecule has 3 saturated heterocycles. The number of urea groups is 1. The lowest BCUT2D eigenvalue weighted by Crippen LogP contribution is -2.61. The average molecular weight is 1950 g/mol. The van der Waals surface area contributed by atoms with Crippen LogP contribution in [0, 0.1) is 22.7 Å². The molecule has 3 fully saturated rings. The molecule has 0 aromatic heterocycles. The number of hydrogen-bond acceptors (Lipinski definition) is 31. The number of carbonyl (C=O) groups is 5. The zero-order chi connectivity index (χ0) is 105. The first-order chi connectivity index (χ1) is 61.7. The van der Waals surface area contributed by atoms with E-state index in [4.69, 9.17) is 57.4 Å². The van der Waals surface area contributed by atoms with E-state index in [9.17, 15) is 94.7 Å². The van der Waals surface area contributed by atoms with Gasteiger partial charge in [0.2, 0.25) is 24.8 Å².